The van der Waals surface area contributed by atoms with Gasteiger partial charge < -0.3 is 4.43 Å². The van der Waals surface area contributed by atoms with Gasteiger partial charge in [-0.05, 0) is 47.9 Å². The average molecular weight is 279 g/mol. The highest BCUT2D eigenvalue weighted by atomic mass is 79.9. The zero-order chi connectivity index (χ0) is 10.1. The first-order valence-corrected chi connectivity index (χ1v) is 9.44. The van der Waals surface area contributed by atoms with E-state index in [9.17, 15) is 0 Å². The largest absolute Gasteiger partial charge is 0.411 e. The number of rotatable bonds is 3. The maximum Gasteiger partial charge on any atom is 0.184 e. The van der Waals surface area contributed by atoms with Gasteiger partial charge in [0.25, 0.3) is 0 Å². The lowest BCUT2D eigenvalue weighted by Crippen LogP contribution is -2.26. The number of thiophene rings is 1. The van der Waals surface area contributed by atoms with Crippen molar-refractivity contribution in [1.29, 1.82) is 0 Å². The zero-order valence-electron chi connectivity index (χ0n) is 8.43. The Morgan fingerprint density at radius 2 is 2.00 bits per heavy atom. The summed E-state index contributed by atoms with van der Waals surface area (Å²) in [6.45, 7) is 8.75. The summed E-state index contributed by atoms with van der Waals surface area (Å²) in [5.41, 5.74) is 1.27. The van der Waals surface area contributed by atoms with Crippen LogP contribution in [0.4, 0.5) is 0 Å². The number of hydrogen-bond donors (Lipinski definition) is 0. The Balaban J connectivity index is 2.69. The van der Waals surface area contributed by atoms with Crippen molar-refractivity contribution in [2.45, 2.75) is 32.7 Å². The van der Waals surface area contributed by atoms with Gasteiger partial charge in [-0.3, -0.25) is 0 Å². The van der Waals surface area contributed by atoms with Gasteiger partial charge in [-0.25, -0.2) is 0 Å². The van der Waals surface area contributed by atoms with Crippen LogP contribution in [0.25, 0.3) is 0 Å². The van der Waals surface area contributed by atoms with Crippen LogP contribution in [-0.4, -0.2) is 8.32 Å². The molecule has 0 bridgehead atoms. The highest BCUT2D eigenvalue weighted by molar-refractivity contribution is 9.10. The summed E-state index contributed by atoms with van der Waals surface area (Å²) in [5, 5.41) is 4.24. The number of halogens is 1. The van der Waals surface area contributed by atoms with E-state index in [0.717, 1.165) is 0 Å². The van der Waals surface area contributed by atoms with Crippen molar-refractivity contribution < 1.29 is 4.43 Å². The second-order valence-corrected chi connectivity index (χ2v) is 10.1. The first kappa shape index (κ1) is 11.4. The Kier molecular flexibility index (Phi) is 3.74. The maximum absolute atomic E-state index is 5.98. The minimum Gasteiger partial charge on any atom is -0.411 e. The van der Waals surface area contributed by atoms with Crippen LogP contribution in [0.15, 0.2) is 15.2 Å². The van der Waals surface area contributed by atoms with E-state index in [4.69, 9.17) is 4.43 Å². The Bertz CT molecular complexity index is 279. The van der Waals surface area contributed by atoms with Gasteiger partial charge in [0.2, 0.25) is 0 Å². The highest BCUT2D eigenvalue weighted by Crippen LogP contribution is 2.30. The molecule has 0 saturated heterocycles. The Morgan fingerprint density at radius 3 is 2.38 bits per heavy atom. The smallest absolute Gasteiger partial charge is 0.184 e. The van der Waals surface area contributed by atoms with E-state index in [0.29, 0.717) is 0 Å². The van der Waals surface area contributed by atoms with Crippen LogP contribution in [0.1, 0.15) is 18.6 Å². The Hall–Kier alpha value is 0.357. The molecular formula is C9H15BrOSSi. The lowest BCUT2D eigenvalue weighted by atomic mass is 10.2. The van der Waals surface area contributed by atoms with Crippen molar-refractivity contribution in [3.8, 4) is 0 Å². The molecule has 0 aliphatic carbocycles. The van der Waals surface area contributed by atoms with E-state index in [1.165, 1.54) is 10.0 Å². The normalized spacial score (nSPS) is 14.5. The van der Waals surface area contributed by atoms with Gasteiger partial charge >= 0.3 is 0 Å². The summed E-state index contributed by atoms with van der Waals surface area (Å²) < 4.78 is 7.15. The van der Waals surface area contributed by atoms with Gasteiger partial charge in [0, 0.05) is 15.4 Å². The molecule has 1 aromatic heterocycles. The Morgan fingerprint density at radius 1 is 1.38 bits per heavy atom. The lowest BCUT2D eigenvalue weighted by Gasteiger charge is -2.23. The molecular weight excluding hydrogens is 264 g/mol. The van der Waals surface area contributed by atoms with Crippen LogP contribution in [0.3, 0.4) is 0 Å². The van der Waals surface area contributed by atoms with Gasteiger partial charge in [-0.2, -0.15) is 11.3 Å². The van der Waals surface area contributed by atoms with E-state index in [2.05, 4.69) is 53.3 Å². The van der Waals surface area contributed by atoms with E-state index in [1.54, 1.807) is 11.3 Å². The molecule has 0 radical (unpaired) electrons. The monoisotopic (exact) mass is 278 g/mol. The summed E-state index contributed by atoms with van der Waals surface area (Å²) >= 11 is 5.23. The van der Waals surface area contributed by atoms with Crippen molar-refractivity contribution >= 4 is 35.6 Å². The molecule has 0 fully saturated rings. The van der Waals surface area contributed by atoms with Crippen molar-refractivity contribution in [1.82, 2.24) is 0 Å². The lowest BCUT2D eigenvalue weighted by molar-refractivity contribution is 0.219. The van der Waals surface area contributed by atoms with Crippen LogP contribution in [0.5, 0.6) is 0 Å². The summed E-state index contributed by atoms with van der Waals surface area (Å²) in [5.74, 6) is 0. The molecule has 0 N–H and O–H groups in total. The summed E-state index contributed by atoms with van der Waals surface area (Å²) in [6.07, 6.45) is 0.215. The molecule has 1 rings (SSSR count). The SMILES string of the molecule is CC(O[Si](C)(C)C)c1cscc1Br. The molecule has 0 spiro atoms. The van der Waals surface area contributed by atoms with Crippen molar-refractivity contribution in [3.05, 3.63) is 20.8 Å². The molecule has 1 nitrogen and oxygen atoms in total. The molecule has 1 unspecified atom stereocenters. The second kappa shape index (κ2) is 4.25. The van der Waals surface area contributed by atoms with Gasteiger partial charge in [0.05, 0.1) is 6.10 Å². The van der Waals surface area contributed by atoms with E-state index in [1.807, 2.05) is 0 Å². The molecule has 13 heavy (non-hydrogen) atoms. The quantitative estimate of drug-likeness (QED) is 0.744. The molecule has 1 heterocycles. The van der Waals surface area contributed by atoms with Crippen molar-refractivity contribution in [3.63, 3.8) is 0 Å². The molecule has 0 amide bonds. The fourth-order valence-electron chi connectivity index (χ4n) is 1.18. The fraction of sp³-hybridized carbons (Fsp3) is 0.556. The summed E-state index contributed by atoms with van der Waals surface area (Å²) in [7, 11) is -1.42. The molecule has 0 saturated carbocycles. The fourth-order valence-corrected chi connectivity index (χ4v) is 4.06. The molecule has 1 aromatic rings. The first-order valence-electron chi connectivity index (χ1n) is 4.29. The zero-order valence-corrected chi connectivity index (χ0v) is 11.8. The van der Waals surface area contributed by atoms with E-state index < -0.39 is 8.32 Å². The Labute approximate surface area is 93.4 Å². The minimum absolute atomic E-state index is 0.215. The van der Waals surface area contributed by atoms with Crippen molar-refractivity contribution in [2.24, 2.45) is 0 Å². The van der Waals surface area contributed by atoms with Gasteiger partial charge in [0.1, 0.15) is 0 Å². The van der Waals surface area contributed by atoms with Gasteiger partial charge in [-0.15, -0.1) is 0 Å². The highest BCUT2D eigenvalue weighted by Gasteiger charge is 2.20. The van der Waals surface area contributed by atoms with E-state index >= 15 is 0 Å². The molecule has 0 aromatic carbocycles. The second-order valence-electron chi connectivity index (χ2n) is 4.05. The maximum atomic E-state index is 5.98. The number of hydrogen-bond acceptors (Lipinski definition) is 2. The summed E-state index contributed by atoms with van der Waals surface area (Å²) in [6, 6.07) is 0. The van der Waals surface area contributed by atoms with Gasteiger partial charge in [-0.1, -0.05) is 0 Å². The minimum atomic E-state index is -1.42. The molecule has 1 atom stereocenters. The van der Waals surface area contributed by atoms with E-state index in [-0.39, 0.29) is 6.10 Å². The topological polar surface area (TPSA) is 9.23 Å². The van der Waals surface area contributed by atoms with Crippen LogP contribution in [0, 0.1) is 0 Å². The van der Waals surface area contributed by atoms with Gasteiger partial charge in [0.15, 0.2) is 8.32 Å². The average Bonchev–Trinajstić information content (AvgIpc) is 2.30. The van der Waals surface area contributed by atoms with Crippen LogP contribution < -0.4 is 0 Å². The summed E-state index contributed by atoms with van der Waals surface area (Å²) in [4.78, 5) is 0. The predicted molar refractivity (Wildman–Crippen MR) is 64.9 cm³/mol. The molecule has 74 valence electrons. The molecule has 0 aliphatic heterocycles. The third-order valence-electron chi connectivity index (χ3n) is 1.61. The van der Waals surface area contributed by atoms with Crippen molar-refractivity contribution in [2.75, 3.05) is 0 Å². The molecule has 0 aliphatic rings. The van der Waals surface area contributed by atoms with Crippen LogP contribution >= 0.6 is 27.3 Å². The van der Waals surface area contributed by atoms with Crippen LogP contribution in [-0.2, 0) is 4.43 Å². The first-order chi connectivity index (χ1) is 5.90. The predicted octanol–water partition coefficient (Wildman–Crippen LogP) is 4.42. The standard InChI is InChI=1S/C9H15BrOSSi/c1-7(11-13(2,3)4)8-5-12-6-9(8)10/h5-7H,1-4H3. The molecule has 4 heteroatoms. The third-order valence-corrected chi connectivity index (χ3v) is 4.42. The van der Waals surface area contributed by atoms with Crippen LogP contribution in [0.2, 0.25) is 19.6 Å². The third kappa shape index (κ3) is 3.54.